The van der Waals surface area contributed by atoms with Crippen LogP contribution in [0.2, 0.25) is 0 Å². The van der Waals surface area contributed by atoms with E-state index in [1.165, 1.54) is 16.1 Å². The van der Waals surface area contributed by atoms with Crippen molar-refractivity contribution in [2.75, 3.05) is 0 Å². The molecule has 0 amide bonds. The van der Waals surface area contributed by atoms with Crippen LogP contribution >= 0.6 is 11.3 Å². The van der Waals surface area contributed by atoms with Crippen LogP contribution in [0.15, 0.2) is 24.0 Å². The molecule has 4 nitrogen and oxygen atoms in total. The number of hydrogen-bond acceptors (Lipinski definition) is 4. The standard InChI is InChI=1S/C14H17N3OS/c15-14(4-1-9(18)2-5-14)13-12-10(3-6-19-12)11-7-16-8-17(11)13/h3,6-9,13,18H,1-2,4-5,15H2/t9?,13-,14?/m0/s1. The Balaban J connectivity index is 1.80. The van der Waals surface area contributed by atoms with Gasteiger partial charge in [-0.25, -0.2) is 4.98 Å². The SMILES string of the molecule is NC1([C@@H]2c3sccc3-c3cncn32)CCC(O)CC1. The van der Waals surface area contributed by atoms with Crippen LogP contribution in [0, 0.1) is 0 Å². The van der Waals surface area contributed by atoms with E-state index in [-0.39, 0.29) is 17.7 Å². The number of fused-ring (bicyclic) bond motifs is 3. The van der Waals surface area contributed by atoms with Crippen molar-refractivity contribution in [1.82, 2.24) is 9.55 Å². The Morgan fingerprint density at radius 2 is 2.21 bits per heavy atom. The first-order valence-corrected chi connectivity index (χ1v) is 7.63. The summed E-state index contributed by atoms with van der Waals surface area (Å²) < 4.78 is 2.22. The highest BCUT2D eigenvalue weighted by Crippen LogP contribution is 2.50. The molecule has 19 heavy (non-hydrogen) atoms. The number of aliphatic hydroxyl groups excluding tert-OH is 1. The third-order valence-corrected chi connectivity index (χ3v) is 5.56. The molecule has 1 atom stereocenters. The summed E-state index contributed by atoms with van der Waals surface area (Å²) in [4.78, 5) is 5.63. The third-order valence-electron chi connectivity index (χ3n) is 4.59. The monoisotopic (exact) mass is 275 g/mol. The molecule has 1 aliphatic heterocycles. The van der Waals surface area contributed by atoms with Gasteiger partial charge in [0.25, 0.3) is 0 Å². The summed E-state index contributed by atoms with van der Waals surface area (Å²) >= 11 is 1.78. The van der Waals surface area contributed by atoms with E-state index in [1.54, 1.807) is 11.3 Å². The molecule has 0 spiro atoms. The number of nitrogens with zero attached hydrogens (tertiary/aromatic N) is 2. The summed E-state index contributed by atoms with van der Waals surface area (Å²) in [5.41, 5.74) is 8.92. The van der Waals surface area contributed by atoms with E-state index in [9.17, 15) is 5.11 Å². The van der Waals surface area contributed by atoms with Crippen LogP contribution in [0.1, 0.15) is 36.6 Å². The van der Waals surface area contributed by atoms with Crippen LogP contribution in [-0.4, -0.2) is 26.3 Å². The van der Waals surface area contributed by atoms with Crippen molar-refractivity contribution in [3.05, 3.63) is 28.8 Å². The lowest BCUT2D eigenvalue weighted by atomic mass is 9.76. The number of aromatic nitrogens is 2. The summed E-state index contributed by atoms with van der Waals surface area (Å²) in [5, 5.41) is 11.9. The highest BCUT2D eigenvalue weighted by Gasteiger charge is 2.45. The van der Waals surface area contributed by atoms with Gasteiger partial charge in [0.15, 0.2) is 0 Å². The zero-order valence-electron chi connectivity index (χ0n) is 10.6. The fourth-order valence-corrected chi connectivity index (χ4v) is 4.67. The molecular formula is C14H17N3OS. The van der Waals surface area contributed by atoms with Gasteiger partial charge < -0.3 is 15.4 Å². The number of rotatable bonds is 1. The Kier molecular flexibility index (Phi) is 2.40. The van der Waals surface area contributed by atoms with Gasteiger partial charge in [-0.15, -0.1) is 11.3 Å². The van der Waals surface area contributed by atoms with Crippen molar-refractivity contribution in [3.8, 4) is 11.3 Å². The Labute approximate surface area is 115 Å². The van der Waals surface area contributed by atoms with Gasteiger partial charge in [-0.1, -0.05) is 0 Å². The highest BCUT2D eigenvalue weighted by molar-refractivity contribution is 7.10. The van der Waals surface area contributed by atoms with Gasteiger partial charge >= 0.3 is 0 Å². The van der Waals surface area contributed by atoms with Gasteiger partial charge in [0.05, 0.1) is 30.4 Å². The smallest absolute Gasteiger partial charge is 0.0957 e. The Hall–Kier alpha value is -1.17. The minimum atomic E-state index is -0.259. The fraction of sp³-hybridized carbons (Fsp3) is 0.500. The van der Waals surface area contributed by atoms with Crippen molar-refractivity contribution >= 4 is 11.3 Å². The van der Waals surface area contributed by atoms with Crippen molar-refractivity contribution in [2.45, 2.75) is 43.4 Å². The zero-order valence-corrected chi connectivity index (χ0v) is 11.4. The maximum atomic E-state index is 9.72. The van der Waals surface area contributed by atoms with Gasteiger partial charge in [0.1, 0.15) is 0 Å². The molecule has 3 heterocycles. The molecule has 0 bridgehead atoms. The molecule has 4 rings (SSSR count). The van der Waals surface area contributed by atoms with Crippen LogP contribution in [0.25, 0.3) is 11.3 Å². The van der Waals surface area contributed by atoms with Crippen molar-refractivity contribution < 1.29 is 5.11 Å². The number of thiophene rings is 1. The number of hydrogen-bond donors (Lipinski definition) is 2. The van der Waals surface area contributed by atoms with Gasteiger partial charge in [-0.3, -0.25) is 0 Å². The second kappa shape index (κ2) is 3.91. The van der Waals surface area contributed by atoms with Crippen molar-refractivity contribution in [2.24, 2.45) is 5.73 Å². The van der Waals surface area contributed by atoms with E-state index in [0.717, 1.165) is 25.7 Å². The van der Waals surface area contributed by atoms with E-state index in [4.69, 9.17) is 5.73 Å². The number of nitrogens with two attached hydrogens (primary N) is 1. The molecule has 1 fully saturated rings. The third kappa shape index (κ3) is 1.55. The second-order valence-electron chi connectivity index (χ2n) is 5.75. The molecule has 0 radical (unpaired) electrons. The lowest BCUT2D eigenvalue weighted by Crippen LogP contribution is -2.50. The molecule has 2 aromatic heterocycles. The van der Waals surface area contributed by atoms with E-state index in [2.05, 4.69) is 21.0 Å². The average Bonchev–Trinajstić information content (AvgIpc) is 3.04. The summed E-state index contributed by atoms with van der Waals surface area (Å²) in [7, 11) is 0. The fourth-order valence-electron chi connectivity index (χ4n) is 3.54. The molecule has 0 saturated heterocycles. The number of aliphatic hydroxyl groups is 1. The summed E-state index contributed by atoms with van der Waals surface area (Å²) in [6, 6.07) is 2.35. The van der Waals surface area contributed by atoms with Gasteiger partial charge in [0.2, 0.25) is 0 Å². The second-order valence-corrected chi connectivity index (χ2v) is 6.70. The van der Waals surface area contributed by atoms with Gasteiger partial charge in [-0.2, -0.15) is 0 Å². The predicted molar refractivity (Wildman–Crippen MR) is 75.1 cm³/mol. The van der Waals surface area contributed by atoms with Crippen molar-refractivity contribution in [1.29, 1.82) is 0 Å². The Bertz CT molecular complexity index is 569. The van der Waals surface area contributed by atoms with Crippen LogP contribution in [0.4, 0.5) is 0 Å². The molecule has 1 aliphatic carbocycles. The molecular weight excluding hydrogens is 258 g/mol. The first-order chi connectivity index (χ1) is 9.19. The Morgan fingerprint density at radius 1 is 1.42 bits per heavy atom. The summed E-state index contributed by atoms with van der Waals surface area (Å²) in [5.74, 6) is 0. The molecule has 2 aromatic rings. The molecule has 5 heteroatoms. The van der Waals surface area contributed by atoms with Crippen molar-refractivity contribution in [3.63, 3.8) is 0 Å². The normalized spacial score (nSPS) is 33.2. The first kappa shape index (κ1) is 11.6. The van der Waals surface area contributed by atoms with Crippen LogP contribution in [0.3, 0.4) is 0 Å². The maximum Gasteiger partial charge on any atom is 0.0957 e. The summed E-state index contributed by atoms with van der Waals surface area (Å²) in [6.45, 7) is 0. The lowest BCUT2D eigenvalue weighted by molar-refractivity contribution is 0.0849. The summed E-state index contributed by atoms with van der Waals surface area (Å²) in [6.07, 6.45) is 6.99. The topological polar surface area (TPSA) is 64.1 Å². The van der Waals surface area contributed by atoms with Crippen LogP contribution in [0.5, 0.6) is 0 Å². The average molecular weight is 275 g/mol. The van der Waals surface area contributed by atoms with Crippen LogP contribution < -0.4 is 5.73 Å². The minimum absolute atomic E-state index is 0.178. The van der Waals surface area contributed by atoms with Crippen LogP contribution in [-0.2, 0) is 0 Å². The number of imidazole rings is 1. The maximum absolute atomic E-state index is 9.72. The molecule has 1 saturated carbocycles. The van der Waals surface area contributed by atoms with E-state index in [0.29, 0.717) is 0 Å². The molecule has 0 aromatic carbocycles. The predicted octanol–water partition coefficient (Wildman–Crippen LogP) is 2.15. The molecule has 3 N–H and O–H groups in total. The van der Waals surface area contributed by atoms with E-state index < -0.39 is 0 Å². The van der Waals surface area contributed by atoms with Gasteiger partial charge in [0, 0.05) is 16.0 Å². The van der Waals surface area contributed by atoms with Gasteiger partial charge in [-0.05, 0) is 37.1 Å². The minimum Gasteiger partial charge on any atom is -0.393 e. The Morgan fingerprint density at radius 3 is 3.00 bits per heavy atom. The highest BCUT2D eigenvalue weighted by atomic mass is 32.1. The van der Waals surface area contributed by atoms with E-state index in [1.807, 2.05) is 12.5 Å². The quantitative estimate of drug-likeness (QED) is 0.838. The largest absolute Gasteiger partial charge is 0.393 e. The lowest BCUT2D eigenvalue weighted by Gasteiger charge is -2.40. The molecule has 2 aliphatic rings. The first-order valence-electron chi connectivity index (χ1n) is 6.75. The molecule has 100 valence electrons. The zero-order chi connectivity index (χ0) is 13.0. The molecule has 0 unspecified atom stereocenters. The van der Waals surface area contributed by atoms with E-state index >= 15 is 0 Å².